The number of aliphatic carboxylic acids is 1. The first-order chi connectivity index (χ1) is 24.7. The summed E-state index contributed by atoms with van der Waals surface area (Å²) < 4.78 is 6.43. The Morgan fingerprint density at radius 3 is 2.06 bits per heavy atom. The third-order valence-corrected chi connectivity index (χ3v) is 18.8. The van der Waals surface area contributed by atoms with E-state index < -0.39 is 17.3 Å². The van der Waals surface area contributed by atoms with Crippen LogP contribution in [0.2, 0.25) is 0 Å². The Kier molecular flexibility index (Phi) is 9.85. The van der Waals surface area contributed by atoms with Crippen molar-refractivity contribution in [2.75, 3.05) is 39.3 Å². The molecule has 6 saturated carbocycles. The van der Waals surface area contributed by atoms with Crippen LogP contribution >= 0.6 is 0 Å². The van der Waals surface area contributed by atoms with E-state index in [1.807, 2.05) is 13.8 Å². The average Bonchev–Trinajstić information content (AvgIpc) is 3.51. The molecular formula is C45H75N3O5. The number of hydrogen-bond acceptors (Lipinski definition) is 6. The van der Waals surface area contributed by atoms with Gasteiger partial charge >= 0.3 is 11.9 Å². The summed E-state index contributed by atoms with van der Waals surface area (Å²) in [5.74, 6) is 0.656. The Morgan fingerprint density at radius 2 is 1.42 bits per heavy atom. The normalized spacial score (nSPS) is 45.1. The molecule has 8 heteroatoms. The van der Waals surface area contributed by atoms with Gasteiger partial charge in [0.05, 0.1) is 17.3 Å². The summed E-state index contributed by atoms with van der Waals surface area (Å²) in [6.45, 7) is 29.6. The van der Waals surface area contributed by atoms with Crippen LogP contribution in [0.1, 0.15) is 146 Å². The van der Waals surface area contributed by atoms with Crippen LogP contribution in [0.3, 0.4) is 0 Å². The van der Waals surface area contributed by atoms with Crippen LogP contribution in [0.15, 0.2) is 0 Å². The van der Waals surface area contributed by atoms with Crippen molar-refractivity contribution in [2.45, 2.75) is 158 Å². The lowest BCUT2D eigenvalue weighted by Crippen LogP contribution is -2.67. The monoisotopic (exact) mass is 738 g/mol. The molecule has 0 radical (unpaired) electrons. The van der Waals surface area contributed by atoms with Gasteiger partial charge in [0.1, 0.15) is 6.10 Å². The Labute approximate surface area is 321 Å². The van der Waals surface area contributed by atoms with Gasteiger partial charge in [0.2, 0.25) is 5.91 Å². The smallest absolute Gasteiger partial charge is 0.309 e. The summed E-state index contributed by atoms with van der Waals surface area (Å²) in [4.78, 5) is 45.1. The molecule has 8 nitrogen and oxygen atoms in total. The number of ether oxygens (including phenoxy) is 1. The standard InChI is InChI=1S/C45H75N3O5/c1-11-47-23-25-48(26-24-47)28-39(2,3)46-38(52)45-18-12-13-30(45)29-14-15-34-42(8)19-17-35(53-37(51)32-27-31(36(49)50)40(32,4)5)41(6,7)33(42)16-20-44(34,10)43(29,9)21-22-45/h29-35H,11-28H2,1-10H3,(H,46,52)(H,49,50)/t29-,30?,31+,32-,33?,34?,35+,42+,43-,44-,45+/m1/s1. The van der Waals surface area contributed by atoms with Crippen molar-refractivity contribution < 1.29 is 24.2 Å². The van der Waals surface area contributed by atoms with Gasteiger partial charge in [-0.1, -0.05) is 61.8 Å². The second-order valence-electron chi connectivity index (χ2n) is 22.2. The molecule has 1 saturated heterocycles. The molecule has 7 fully saturated rings. The largest absolute Gasteiger partial charge is 0.481 e. The number of fused-ring (bicyclic) bond motifs is 7. The fourth-order valence-electron chi connectivity index (χ4n) is 15.4. The topological polar surface area (TPSA) is 99.2 Å². The molecule has 0 bridgehead atoms. The van der Waals surface area contributed by atoms with Gasteiger partial charge in [0, 0.05) is 43.7 Å². The molecule has 3 unspecified atom stereocenters. The van der Waals surface area contributed by atoms with E-state index in [1.54, 1.807) is 0 Å². The Hall–Kier alpha value is -1.67. The minimum atomic E-state index is -0.808. The van der Waals surface area contributed by atoms with Crippen molar-refractivity contribution in [1.29, 1.82) is 0 Å². The van der Waals surface area contributed by atoms with E-state index in [1.165, 1.54) is 32.1 Å². The fourth-order valence-corrected chi connectivity index (χ4v) is 15.4. The molecule has 6 aliphatic carbocycles. The molecule has 2 N–H and O–H groups in total. The zero-order valence-electron chi connectivity index (χ0n) is 35.2. The van der Waals surface area contributed by atoms with Gasteiger partial charge in [0.25, 0.3) is 0 Å². The SMILES string of the molecule is CCN1CCN(CC(C)(C)NC(=O)[C@]23CCCC2[C@H]2CCC4[C@@]5(C)CC[C@H](OC(=O)[C@H]6C[C@@H](C(=O)O)C6(C)C)C(C)(C)C5CC[C@@]4(C)[C@]2(C)CC3)CC1. The van der Waals surface area contributed by atoms with E-state index in [0.717, 1.165) is 77.8 Å². The van der Waals surface area contributed by atoms with E-state index in [4.69, 9.17) is 4.74 Å². The molecule has 0 aromatic heterocycles. The maximum Gasteiger partial charge on any atom is 0.309 e. The number of nitrogens with one attached hydrogen (secondary N) is 1. The number of carboxylic acid groups (broad SMARTS) is 1. The van der Waals surface area contributed by atoms with Crippen molar-refractivity contribution in [2.24, 2.45) is 68.0 Å². The number of nitrogens with zero attached hydrogens (tertiary/aromatic N) is 2. The molecule has 0 spiro atoms. The molecule has 1 aliphatic heterocycles. The number of carboxylic acids is 1. The molecular weight excluding hydrogens is 663 g/mol. The van der Waals surface area contributed by atoms with Crippen LogP contribution in [0, 0.1) is 68.0 Å². The summed E-state index contributed by atoms with van der Waals surface area (Å²) >= 11 is 0. The van der Waals surface area contributed by atoms with Crippen LogP contribution in [-0.4, -0.2) is 83.7 Å². The Bertz CT molecular complexity index is 1450. The summed E-state index contributed by atoms with van der Waals surface area (Å²) in [6.07, 6.45) is 12.6. The van der Waals surface area contributed by atoms with Crippen molar-refractivity contribution in [3.05, 3.63) is 0 Å². The molecule has 0 aromatic rings. The lowest BCUT2D eigenvalue weighted by Gasteiger charge is -2.72. The summed E-state index contributed by atoms with van der Waals surface area (Å²) in [5, 5.41) is 13.3. The van der Waals surface area contributed by atoms with E-state index in [0.29, 0.717) is 36.0 Å². The first kappa shape index (κ1) is 39.6. The van der Waals surface area contributed by atoms with E-state index in [9.17, 15) is 19.5 Å². The van der Waals surface area contributed by atoms with E-state index >= 15 is 0 Å². The number of amides is 1. The van der Waals surface area contributed by atoms with Crippen molar-refractivity contribution >= 4 is 17.8 Å². The Morgan fingerprint density at radius 1 is 0.736 bits per heavy atom. The number of piperazine rings is 1. The van der Waals surface area contributed by atoms with Gasteiger partial charge in [-0.15, -0.1) is 0 Å². The minimum Gasteiger partial charge on any atom is -0.481 e. The van der Waals surface area contributed by atoms with Crippen LogP contribution in [0.4, 0.5) is 0 Å². The Balaban J connectivity index is 1.05. The predicted octanol–water partition coefficient (Wildman–Crippen LogP) is 8.03. The molecule has 11 atom stereocenters. The first-order valence-corrected chi connectivity index (χ1v) is 21.9. The first-order valence-electron chi connectivity index (χ1n) is 21.9. The zero-order valence-corrected chi connectivity index (χ0v) is 35.2. The van der Waals surface area contributed by atoms with Crippen molar-refractivity contribution in [1.82, 2.24) is 15.1 Å². The quantitative estimate of drug-likeness (QED) is 0.244. The van der Waals surface area contributed by atoms with Crippen LogP contribution in [0.5, 0.6) is 0 Å². The molecule has 7 rings (SSSR count). The highest BCUT2D eigenvalue weighted by Crippen LogP contribution is 2.77. The maximum atomic E-state index is 14.7. The predicted molar refractivity (Wildman–Crippen MR) is 209 cm³/mol. The minimum absolute atomic E-state index is 0.137. The second-order valence-corrected chi connectivity index (χ2v) is 22.2. The highest BCUT2D eigenvalue weighted by atomic mass is 16.5. The highest BCUT2D eigenvalue weighted by molar-refractivity contribution is 5.84. The van der Waals surface area contributed by atoms with Gasteiger partial charge < -0.3 is 20.1 Å². The van der Waals surface area contributed by atoms with Gasteiger partial charge in [-0.3, -0.25) is 19.3 Å². The van der Waals surface area contributed by atoms with Crippen LogP contribution < -0.4 is 5.32 Å². The number of esters is 1. The molecule has 53 heavy (non-hydrogen) atoms. The highest BCUT2D eigenvalue weighted by Gasteiger charge is 2.71. The third-order valence-electron chi connectivity index (χ3n) is 18.8. The van der Waals surface area contributed by atoms with Gasteiger partial charge in [0.15, 0.2) is 0 Å². The molecule has 7 aliphatic rings. The molecule has 1 heterocycles. The molecule has 0 aromatic carbocycles. The number of hydrogen-bond donors (Lipinski definition) is 2. The number of rotatable bonds is 8. The lowest BCUT2D eigenvalue weighted by molar-refractivity contribution is -0.249. The van der Waals surface area contributed by atoms with Gasteiger partial charge in [-0.25, -0.2) is 0 Å². The molecule has 1 amide bonds. The number of carbonyl (C=O) groups is 3. The average molecular weight is 738 g/mol. The van der Waals surface area contributed by atoms with E-state index in [2.05, 4.69) is 70.5 Å². The summed E-state index contributed by atoms with van der Waals surface area (Å²) in [7, 11) is 0. The number of likely N-dealkylation sites (N-methyl/N-ethyl adjacent to an activating group) is 1. The van der Waals surface area contributed by atoms with Gasteiger partial charge in [-0.05, 0) is 136 Å². The number of carbonyl (C=O) groups excluding carboxylic acids is 2. The second kappa shape index (κ2) is 13.2. The third kappa shape index (κ3) is 5.97. The maximum absolute atomic E-state index is 14.7. The summed E-state index contributed by atoms with van der Waals surface area (Å²) in [5.41, 5.74) is -0.602. The molecule has 300 valence electrons. The summed E-state index contributed by atoms with van der Waals surface area (Å²) in [6, 6.07) is 0. The fraction of sp³-hybridized carbons (Fsp3) is 0.933. The van der Waals surface area contributed by atoms with E-state index in [-0.39, 0.29) is 50.6 Å². The zero-order chi connectivity index (χ0) is 38.6. The lowest BCUT2D eigenvalue weighted by atomic mass is 9.32. The van der Waals surface area contributed by atoms with Crippen LogP contribution in [0.25, 0.3) is 0 Å². The van der Waals surface area contributed by atoms with Crippen molar-refractivity contribution in [3.8, 4) is 0 Å². The van der Waals surface area contributed by atoms with Gasteiger partial charge in [-0.2, -0.15) is 0 Å². The van der Waals surface area contributed by atoms with Crippen LogP contribution in [-0.2, 0) is 19.1 Å². The van der Waals surface area contributed by atoms with Crippen molar-refractivity contribution in [3.63, 3.8) is 0 Å².